The van der Waals surface area contributed by atoms with Gasteiger partial charge in [0.2, 0.25) is 0 Å². The van der Waals surface area contributed by atoms with Gasteiger partial charge in [-0.2, -0.15) is 5.10 Å². The van der Waals surface area contributed by atoms with Gasteiger partial charge < -0.3 is 20.5 Å². The molecule has 2 aromatic rings. The number of hydrogen-bond donors (Lipinski definition) is 6. The Balaban J connectivity index is 2.20. The van der Waals surface area contributed by atoms with Gasteiger partial charge in [-0.25, -0.2) is 10.2 Å². The SMILES string of the molecule is O=C(O)Nc1cc2c3c(c(C(=O)NCCO)[nH]c3c1)C=NNC2=O. The molecule has 0 fully saturated rings. The molecule has 0 unspecified atom stereocenters. The molecule has 3 rings (SSSR count). The largest absolute Gasteiger partial charge is 0.465 e. The molecule has 1 aliphatic heterocycles. The quantitative estimate of drug-likeness (QED) is 0.467. The molecule has 0 saturated carbocycles. The maximum absolute atomic E-state index is 12.2. The van der Waals surface area contributed by atoms with E-state index in [0.717, 1.165) is 0 Å². The maximum atomic E-state index is 12.2. The number of carboxylic acid groups (broad SMARTS) is 1. The van der Waals surface area contributed by atoms with E-state index in [-0.39, 0.29) is 30.1 Å². The number of carbonyl (C=O) groups is 3. The Labute approximate surface area is 134 Å². The summed E-state index contributed by atoms with van der Waals surface area (Å²) in [5.41, 5.74) is 3.62. The highest BCUT2D eigenvalue weighted by Gasteiger charge is 2.24. The van der Waals surface area contributed by atoms with Crippen LogP contribution in [-0.2, 0) is 0 Å². The Bertz CT molecular complexity index is 885. The van der Waals surface area contributed by atoms with Gasteiger partial charge in [-0.15, -0.1) is 0 Å². The van der Waals surface area contributed by atoms with Crippen molar-refractivity contribution in [2.45, 2.75) is 0 Å². The topological polar surface area (TPSA) is 156 Å². The standard InChI is InChI=1S/C14H13N5O5/c20-2-1-15-13(22)11-8-5-16-19-12(21)7-3-6(17-14(23)24)4-9(18-11)10(7)8/h3-5,17-18,20H,1-2H2,(H,15,22)(H,19,21)(H,23,24). The third-order valence-electron chi connectivity index (χ3n) is 3.42. The lowest BCUT2D eigenvalue weighted by molar-refractivity contribution is 0.0937. The van der Waals surface area contributed by atoms with Crippen LogP contribution >= 0.6 is 0 Å². The number of benzene rings is 1. The first-order valence-corrected chi connectivity index (χ1v) is 6.93. The first-order valence-electron chi connectivity index (χ1n) is 6.93. The van der Waals surface area contributed by atoms with Crippen LogP contribution in [0.4, 0.5) is 10.5 Å². The molecule has 1 aliphatic rings. The Morgan fingerprint density at radius 2 is 2.08 bits per heavy atom. The molecular weight excluding hydrogens is 318 g/mol. The molecule has 1 aromatic carbocycles. The van der Waals surface area contributed by atoms with Crippen LogP contribution in [0, 0.1) is 0 Å². The lowest BCUT2D eigenvalue weighted by Gasteiger charge is -2.05. The van der Waals surface area contributed by atoms with E-state index in [9.17, 15) is 14.4 Å². The number of amides is 3. The summed E-state index contributed by atoms with van der Waals surface area (Å²) in [6.07, 6.45) is 0.0605. The van der Waals surface area contributed by atoms with Crippen LogP contribution in [-0.4, -0.2) is 52.5 Å². The van der Waals surface area contributed by atoms with E-state index in [1.807, 2.05) is 0 Å². The zero-order valence-electron chi connectivity index (χ0n) is 12.2. The van der Waals surface area contributed by atoms with Crippen molar-refractivity contribution >= 4 is 40.7 Å². The number of aliphatic hydroxyl groups excluding tert-OH is 1. The van der Waals surface area contributed by atoms with Crippen LogP contribution in [0.1, 0.15) is 26.4 Å². The number of nitrogens with zero attached hydrogens (tertiary/aromatic N) is 1. The zero-order valence-corrected chi connectivity index (χ0v) is 12.2. The molecule has 0 radical (unpaired) electrons. The molecule has 0 atom stereocenters. The van der Waals surface area contributed by atoms with Gasteiger partial charge in [0, 0.05) is 28.7 Å². The van der Waals surface area contributed by atoms with Crippen molar-refractivity contribution < 1.29 is 24.6 Å². The van der Waals surface area contributed by atoms with Crippen LogP contribution in [0.5, 0.6) is 0 Å². The van der Waals surface area contributed by atoms with Gasteiger partial charge >= 0.3 is 6.09 Å². The van der Waals surface area contributed by atoms with E-state index < -0.39 is 17.9 Å². The molecule has 10 nitrogen and oxygen atoms in total. The number of aromatic nitrogens is 1. The minimum Gasteiger partial charge on any atom is -0.465 e. The first kappa shape index (κ1) is 15.5. The molecule has 2 heterocycles. The number of hydrazone groups is 1. The average Bonchev–Trinajstić information content (AvgIpc) is 2.80. The van der Waals surface area contributed by atoms with Crippen LogP contribution < -0.4 is 16.1 Å². The van der Waals surface area contributed by atoms with Crippen molar-refractivity contribution in [1.82, 2.24) is 15.7 Å². The number of hydrogen-bond acceptors (Lipinski definition) is 5. The molecule has 1 aromatic heterocycles. The number of nitrogens with one attached hydrogen (secondary N) is 4. The van der Waals surface area contributed by atoms with Crippen molar-refractivity contribution in [2.75, 3.05) is 18.5 Å². The minimum absolute atomic E-state index is 0.0701. The lowest BCUT2D eigenvalue weighted by atomic mass is 10.0. The molecule has 6 N–H and O–H groups in total. The molecule has 10 heteroatoms. The molecular formula is C14H13N5O5. The zero-order chi connectivity index (χ0) is 17.3. The van der Waals surface area contributed by atoms with Crippen molar-refractivity contribution in [3.8, 4) is 0 Å². The van der Waals surface area contributed by atoms with Gasteiger partial charge in [-0.1, -0.05) is 0 Å². The highest BCUT2D eigenvalue weighted by atomic mass is 16.4. The lowest BCUT2D eigenvalue weighted by Crippen LogP contribution is -2.27. The van der Waals surface area contributed by atoms with Gasteiger partial charge in [0.1, 0.15) is 5.69 Å². The van der Waals surface area contributed by atoms with E-state index >= 15 is 0 Å². The number of rotatable bonds is 4. The minimum atomic E-state index is -1.28. The molecule has 0 aliphatic carbocycles. The summed E-state index contributed by atoms with van der Waals surface area (Å²) in [7, 11) is 0. The van der Waals surface area contributed by atoms with Crippen LogP contribution in [0.15, 0.2) is 17.2 Å². The summed E-state index contributed by atoms with van der Waals surface area (Å²) in [5.74, 6) is -1.000. The van der Waals surface area contributed by atoms with Crippen LogP contribution in [0.3, 0.4) is 0 Å². The second-order valence-electron chi connectivity index (χ2n) is 4.97. The van der Waals surface area contributed by atoms with Gasteiger partial charge in [0.05, 0.1) is 18.4 Å². The van der Waals surface area contributed by atoms with Crippen molar-refractivity contribution in [3.05, 3.63) is 29.0 Å². The fourth-order valence-corrected chi connectivity index (χ4v) is 2.51. The number of H-pyrrole nitrogens is 1. The summed E-state index contributed by atoms with van der Waals surface area (Å²) in [4.78, 5) is 38.0. The number of aromatic amines is 1. The van der Waals surface area contributed by atoms with Crippen molar-refractivity contribution in [3.63, 3.8) is 0 Å². The Morgan fingerprint density at radius 1 is 1.29 bits per heavy atom. The fourth-order valence-electron chi connectivity index (χ4n) is 2.51. The number of carbonyl (C=O) groups excluding carboxylic acids is 2. The van der Waals surface area contributed by atoms with Crippen LogP contribution in [0.25, 0.3) is 10.9 Å². The highest BCUT2D eigenvalue weighted by Crippen LogP contribution is 2.30. The van der Waals surface area contributed by atoms with Crippen LogP contribution in [0.2, 0.25) is 0 Å². The summed E-state index contributed by atoms with van der Waals surface area (Å²) in [6.45, 7) is -0.145. The number of anilines is 1. The smallest absolute Gasteiger partial charge is 0.409 e. The predicted molar refractivity (Wildman–Crippen MR) is 84.4 cm³/mol. The van der Waals surface area contributed by atoms with Gasteiger partial charge in [-0.3, -0.25) is 14.9 Å². The van der Waals surface area contributed by atoms with E-state index in [1.165, 1.54) is 18.3 Å². The molecule has 3 amide bonds. The summed E-state index contributed by atoms with van der Waals surface area (Å²) < 4.78 is 0. The third kappa shape index (κ3) is 2.65. The van der Waals surface area contributed by atoms with Gasteiger partial charge in [0.15, 0.2) is 0 Å². The molecule has 0 spiro atoms. The fraction of sp³-hybridized carbons (Fsp3) is 0.143. The molecule has 24 heavy (non-hydrogen) atoms. The van der Waals surface area contributed by atoms with Crippen molar-refractivity contribution in [1.29, 1.82) is 0 Å². The summed E-state index contributed by atoms with van der Waals surface area (Å²) in [6, 6.07) is 2.85. The van der Waals surface area contributed by atoms with E-state index in [1.54, 1.807) is 0 Å². The normalized spacial score (nSPS) is 12.6. The molecule has 124 valence electrons. The van der Waals surface area contributed by atoms with E-state index in [0.29, 0.717) is 16.5 Å². The maximum Gasteiger partial charge on any atom is 0.409 e. The average molecular weight is 331 g/mol. The van der Waals surface area contributed by atoms with Crippen molar-refractivity contribution in [2.24, 2.45) is 5.10 Å². The van der Waals surface area contributed by atoms with Gasteiger partial charge in [0.25, 0.3) is 11.8 Å². The second-order valence-corrected chi connectivity index (χ2v) is 4.97. The Hall–Kier alpha value is -3.40. The highest BCUT2D eigenvalue weighted by molar-refractivity contribution is 6.19. The Kier molecular flexibility index (Phi) is 3.88. The monoisotopic (exact) mass is 331 g/mol. The second kappa shape index (κ2) is 6.01. The predicted octanol–water partition coefficient (Wildman–Crippen LogP) is 0.0572. The summed E-state index contributed by atoms with van der Waals surface area (Å²) in [5, 5.41) is 26.6. The summed E-state index contributed by atoms with van der Waals surface area (Å²) >= 11 is 0. The van der Waals surface area contributed by atoms with E-state index in [2.05, 4.69) is 26.1 Å². The number of aliphatic hydroxyl groups is 1. The molecule has 0 bridgehead atoms. The Morgan fingerprint density at radius 3 is 2.79 bits per heavy atom. The van der Waals surface area contributed by atoms with Gasteiger partial charge in [-0.05, 0) is 12.1 Å². The first-order chi connectivity index (χ1) is 11.5. The van der Waals surface area contributed by atoms with E-state index in [4.69, 9.17) is 10.2 Å². The third-order valence-corrected chi connectivity index (χ3v) is 3.42. The molecule has 0 saturated heterocycles.